The SMILES string of the molecule is CN(Sc1ccc(NC(=O)c2ccc(SCC=O)cc2)cc1)c1ccccc1. The average molecular weight is 409 g/mol. The van der Waals surface area contributed by atoms with Crippen molar-refractivity contribution in [3.8, 4) is 0 Å². The van der Waals surface area contributed by atoms with E-state index in [0.717, 1.165) is 27.5 Å². The maximum atomic E-state index is 12.4. The zero-order valence-electron chi connectivity index (χ0n) is 15.4. The first kappa shape index (κ1) is 20.0. The minimum atomic E-state index is -0.159. The van der Waals surface area contributed by atoms with Crippen LogP contribution in [0.3, 0.4) is 0 Å². The molecule has 0 atom stereocenters. The van der Waals surface area contributed by atoms with E-state index in [4.69, 9.17) is 0 Å². The first-order chi connectivity index (χ1) is 13.7. The number of hydrogen-bond donors (Lipinski definition) is 1. The molecule has 0 saturated carbocycles. The van der Waals surface area contributed by atoms with E-state index in [1.807, 2.05) is 61.6 Å². The lowest BCUT2D eigenvalue weighted by molar-refractivity contribution is -0.105. The zero-order valence-corrected chi connectivity index (χ0v) is 17.0. The number of amides is 1. The summed E-state index contributed by atoms with van der Waals surface area (Å²) in [6.45, 7) is 0. The molecule has 0 heterocycles. The summed E-state index contributed by atoms with van der Waals surface area (Å²) in [5.74, 6) is 0.253. The van der Waals surface area contributed by atoms with E-state index in [-0.39, 0.29) is 5.91 Å². The van der Waals surface area contributed by atoms with Crippen LogP contribution < -0.4 is 9.62 Å². The molecule has 28 heavy (non-hydrogen) atoms. The van der Waals surface area contributed by atoms with Gasteiger partial charge in [-0.25, -0.2) is 0 Å². The quantitative estimate of drug-likeness (QED) is 0.308. The van der Waals surface area contributed by atoms with Gasteiger partial charge in [0.1, 0.15) is 6.29 Å². The highest BCUT2D eigenvalue weighted by atomic mass is 32.2. The molecule has 0 aliphatic heterocycles. The average Bonchev–Trinajstić information content (AvgIpc) is 2.74. The number of hydrogen-bond acceptors (Lipinski definition) is 5. The Labute approximate surface area is 173 Å². The van der Waals surface area contributed by atoms with E-state index < -0.39 is 0 Å². The summed E-state index contributed by atoms with van der Waals surface area (Å²) >= 11 is 3.07. The van der Waals surface area contributed by atoms with Crippen molar-refractivity contribution in [1.82, 2.24) is 0 Å². The predicted molar refractivity (Wildman–Crippen MR) is 118 cm³/mol. The van der Waals surface area contributed by atoms with Crippen molar-refractivity contribution in [2.75, 3.05) is 22.4 Å². The van der Waals surface area contributed by atoms with Crippen LogP contribution >= 0.6 is 23.7 Å². The second kappa shape index (κ2) is 10.0. The van der Waals surface area contributed by atoms with Crippen molar-refractivity contribution in [2.24, 2.45) is 0 Å². The molecule has 0 radical (unpaired) electrons. The van der Waals surface area contributed by atoms with Crippen LogP contribution in [0.1, 0.15) is 10.4 Å². The maximum Gasteiger partial charge on any atom is 0.255 e. The van der Waals surface area contributed by atoms with Crippen molar-refractivity contribution in [3.05, 3.63) is 84.4 Å². The summed E-state index contributed by atoms with van der Waals surface area (Å²) in [5.41, 5.74) is 2.45. The second-order valence-corrected chi connectivity index (χ2v) is 8.20. The summed E-state index contributed by atoms with van der Waals surface area (Å²) in [4.78, 5) is 24.9. The Hall–Kier alpha value is -2.70. The molecule has 0 aromatic heterocycles. The fourth-order valence-electron chi connectivity index (χ4n) is 2.48. The van der Waals surface area contributed by atoms with E-state index in [0.29, 0.717) is 11.3 Å². The third kappa shape index (κ3) is 5.65. The van der Waals surface area contributed by atoms with Gasteiger partial charge in [0.2, 0.25) is 0 Å². The highest BCUT2D eigenvalue weighted by Crippen LogP contribution is 2.28. The summed E-state index contributed by atoms with van der Waals surface area (Å²) in [6, 6.07) is 25.1. The number of nitrogens with one attached hydrogen (secondary N) is 1. The molecule has 1 N–H and O–H groups in total. The first-order valence-electron chi connectivity index (χ1n) is 8.70. The number of rotatable bonds is 8. The van der Waals surface area contributed by atoms with Gasteiger partial charge in [-0.2, -0.15) is 0 Å². The Bertz CT molecular complexity index is 914. The minimum Gasteiger partial charge on any atom is -0.322 e. The monoisotopic (exact) mass is 408 g/mol. The predicted octanol–water partition coefficient (Wildman–Crippen LogP) is 5.37. The maximum absolute atomic E-state index is 12.4. The van der Waals surface area contributed by atoms with Gasteiger partial charge in [-0.15, -0.1) is 11.8 Å². The van der Waals surface area contributed by atoms with Gasteiger partial charge in [-0.3, -0.25) is 4.79 Å². The third-order valence-corrected chi connectivity index (χ3v) is 5.78. The number of anilines is 2. The van der Waals surface area contributed by atoms with Crippen LogP contribution in [0.25, 0.3) is 0 Å². The zero-order chi connectivity index (χ0) is 19.8. The van der Waals surface area contributed by atoms with E-state index in [1.165, 1.54) is 11.8 Å². The van der Waals surface area contributed by atoms with Crippen LogP contribution in [-0.2, 0) is 4.79 Å². The number of para-hydroxylation sites is 1. The molecule has 6 heteroatoms. The lowest BCUT2D eigenvalue weighted by Crippen LogP contribution is -2.11. The van der Waals surface area contributed by atoms with Crippen molar-refractivity contribution >= 4 is 47.3 Å². The first-order valence-corrected chi connectivity index (χ1v) is 10.5. The Balaban J connectivity index is 1.57. The largest absolute Gasteiger partial charge is 0.322 e. The molecule has 0 saturated heterocycles. The molecule has 0 bridgehead atoms. The molecular weight excluding hydrogens is 388 g/mol. The smallest absolute Gasteiger partial charge is 0.255 e. The molecule has 0 aliphatic rings. The summed E-state index contributed by atoms with van der Waals surface area (Å²) < 4.78 is 2.10. The minimum absolute atomic E-state index is 0.159. The molecule has 0 spiro atoms. The van der Waals surface area contributed by atoms with Gasteiger partial charge in [-0.05, 0) is 72.6 Å². The van der Waals surface area contributed by atoms with Gasteiger partial charge in [0.25, 0.3) is 5.91 Å². The molecule has 3 aromatic carbocycles. The van der Waals surface area contributed by atoms with Crippen LogP contribution in [0.4, 0.5) is 11.4 Å². The van der Waals surface area contributed by atoms with E-state index in [9.17, 15) is 9.59 Å². The van der Waals surface area contributed by atoms with Crippen LogP contribution in [0, 0.1) is 0 Å². The number of carbonyl (C=O) groups excluding carboxylic acids is 2. The Kier molecular flexibility index (Phi) is 7.17. The summed E-state index contributed by atoms with van der Waals surface area (Å²) in [6.07, 6.45) is 0.866. The van der Waals surface area contributed by atoms with Gasteiger partial charge in [0.05, 0.1) is 5.75 Å². The summed E-state index contributed by atoms with van der Waals surface area (Å²) in [5, 5.41) is 2.91. The van der Waals surface area contributed by atoms with Crippen molar-refractivity contribution in [2.45, 2.75) is 9.79 Å². The Morgan fingerprint density at radius 3 is 2.21 bits per heavy atom. The number of thioether (sulfide) groups is 1. The van der Waals surface area contributed by atoms with E-state index in [2.05, 4.69) is 21.8 Å². The molecule has 0 aliphatic carbocycles. The Morgan fingerprint density at radius 2 is 1.57 bits per heavy atom. The van der Waals surface area contributed by atoms with Crippen LogP contribution in [0.15, 0.2) is 88.7 Å². The molecule has 142 valence electrons. The standard InChI is InChI=1S/C22H20N2O2S2/c1-24(19-5-3-2-4-6-19)28-21-13-9-18(10-14-21)23-22(26)17-7-11-20(12-8-17)27-16-15-25/h2-15H,16H2,1H3,(H,23,26). The van der Waals surface area contributed by atoms with Gasteiger partial charge in [-0.1, -0.05) is 18.2 Å². The highest BCUT2D eigenvalue weighted by molar-refractivity contribution is 8.00. The molecule has 0 fully saturated rings. The highest BCUT2D eigenvalue weighted by Gasteiger charge is 2.07. The summed E-state index contributed by atoms with van der Waals surface area (Å²) in [7, 11) is 2.02. The van der Waals surface area contributed by atoms with E-state index in [1.54, 1.807) is 24.1 Å². The van der Waals surface area contributed by atoms with Gasteiger partial charge < -0.3 is 14.4 Å². The molecule has 3 aromatic rings. The van der Waals surface area contributed by atoms with Crippen LogP contribution in [-0.4, -0.2) is 25.0 Å². The van der Waals surface area contributed by atoms with Gasteiger partial charge in [0, 0.05) is 33.8 Å². The fraction of sp³-hybridized carbons (Fsp3) is 0.0909. The number of benzene rings is 3. The van der Waals surface area contributed by atoms with Gasteiger partial charge >= 0.3 is 0 Å². The van der Waals surface area contributed by atoms with Crippen LogP contribution in [0.5, 0.6) is 0 Å². The van der Waals surface area contributed by atoms with Crippen molar-refractivity contribution < 1.29 is 9.59 Å². The lowest BCUT2D eigenvalue weighted by Gasteiger charge is -2.17. The van der Waals surface area contributed by atoms with Crippen LogP contribution in [0.2, 0.25) is 0 Å². The van der Waals surface area contributed by atoms with Crippen molar-refractivity contribution in [1.29, 1.82) is 0 Å². The van der Waals surface area contributed by atoms with E-state index >= 15 is 0 Å². The number of aldehydes is 1. The lowest BCUT2D eigenvalue weighted by atomic mass is 10.2. The Morgan fingerprint density at radius 1 is 0.929 bits per heavy atom. The molecular formula is C22H20N2O2S2. The molecule has 0 unspecified atom stereocenters. The number of carbonyl (C=O) groups is 2. The second-order valence-electron chi connectivity index (χ2n) is 5.90. The van der Waals surface area contributed by atoms with Gasteiger partial charge in [0.15, 0.2) is 0 Å². The molecule has 1 amide bonds. The third-order valence-electron chi connectivity index (χ3n) is 3.91. The topological polar surface area (TPSA) is 49.4 Å². The number of nitrogens with zero attached hydrogens (tertiary/aromatic N) is 1. The molecule has 3 rings (SSSR count). The van der Waals surface area contributed by atoms with Crippen molar-refractivity contribution in [3.63, 3.8) is 0 Å². The molecule has 4 nitrogen and oxygen atoms in total. The fourth-order valence-corrected chi connectivity index (χ4v) is 3.87. The normalized spacial score (nSPS) is 10.3.